The fourth-order valence-corrected chi connectivity index (χ4v) is 4.82. The maximum absolute atomic E-state index is 12.8. The van der Waals surface area contributed by atoms with Gasteiger partial charge in [-0.15, -0.1) is 11.3 Å². The third-order valence-electron chi connectivity index (χ3n) is 3.92. The van der Waals surface area contributed by atoms with Crippen molar-refractivity contribution in [2.24, 2.45) is 0 Å². The third-order valence-corrected chi connectivity index (χ3v) is 6.39. The van der Waals surface area contributed by atoms with Gasteiger partial charge in [-0.2, -0.15) is 0 Å². The number of carboxylic acid groups (broad SMARTS) is 1. The highest BCUT2D eigenvalue weighted by Gasteiger charge is 2.17. The Morgan fingerprint density at radius 3 is 2.70 bits per heavy atom. The molecule has 10 heteroatoms. The van der Waals surface area contributed by atoms with E-state index in [1.807, 2.05) is 12.1 Å². The van der Waals surface area contributed by atoms with Gasteiger partial charge in [0, 0.05) is 23.2 Å². The van der Waals surface area contributed by atoms with Crippen molar-refractivity contribution < 1.29 is 19.8 Å². The number of benzene rings is 1. The summed E-state index contributed by atoms with van der Waals surface area (Å²) in [5.41, 5.74) is 1.20. The van der Waals surface area contributed by atoms with Crippen LogP contribution in [0.2, 0.25) is 5.02 Å². The molecule has 3 rings (SSSR count). The number of carbonyl (C=O) groups excluding carboxylic acids is 1. The quantitative estimate of drug-likeness (QED) is 0.279. The first-order valence-corrected chi connectivity index (χ1v) is 11.0. The van der Waals surface area contributed by atoms with Gasteiger partial charge >= 0.3 is 5.97 Å². The average Bonchev–Trinajstić information content (AvgIpc) is 3.14. The van der Waals surface area contributed by atoms with E-state index >= 15 is 0 Å². The molecular formula is C20H15ClN2O4S3. The lowest BCUT2D eigenvalue weighted by molar-refractivity contribution is -0.137. The molecule has 1 aromatic carbocycles. The van der Waals surface area contributed by atoms with Gasteiger partial charge in [0.1, 0.15) is 18.0 Å². The number of aromatic nitrogens is 1. The lowest BCUT2D eigenvalue weighted by Gasteiger charge is -2.09. The van der Waals surface area contributed by atoms with Crippen LogP contribution < -0.4 is 4.72 Å². The number of rotatable bonds is 6. The molecule has 0 amide bonds. The normalized spacial score (nSPS) is 10.6. The molecule has 0 aliphatic heterocycles. The first-order chi connectivity index (χ1) is 14.4. The van der Waals surface area contributed by atoms with Gasteiger partial charge in [-0.25, -0.2) is 0 Å². The molecule has 30 heavy (non-hydrogen) atoms. The molecule has 0 spiro atoms. The highest BCUT2D eigenvalue weighted by molar-refractivity contribution is 8.12. The Morgan fingerprint density at radius 2 is 2.03 bits per heavy atom. The molecule has 0 unspecified atom stereocenters. The molecule has 0 radical (unpaired) electrons. The van der Waals surface area contributed by atoms with Crippen LogP contribution in [0.3, 0.4) is 0 Å². The lowest BCUT2D eigenvalue weighted by Crippen LogP contribution is -2.13. The van der Waals surface area contributed by atoms with Crippen molar-refractivity contribution in [3.05, 3.63) is 62.1 Å². The molecule has 0 aliphatic rings. The summed E-state index contributed by atoms with van der Waals surface area (Å²) in [4.78, 5) is 25.3. The van der Waals surface area contributed by atoms with Gasteiger partial charge in [-0.1, -0.05) is 47.8 Å². The van der Waals surface area contributed by atoms with Crippen LogP contribution >= 0.6 is 47.1 Å². The topological polar surface area (TPSA) is 91.6 Å². The van der Waals surface area contributed by atoms with E-state index in [1.54, 1.807) is 18.2 Å². The molecule has 6 nitrogen and oxygen atoms in total. The second kappa shape index (κ2) is 10.2. The van der Waals surface area contributed by atoms with E-state index < -0.39 is 5.97 Å². The van der Waals surface area contributed by atoms with Gasteiger partial charge < -0.3 is 14.8 Å². The minimum absolute atomic E-state index is 0.242. The molecule has 0 fully saturated rings. The van der Waals surface area contributed by atoms with Crippen LogP contribution in [-0.4, -0.2) is 32.5 Å². The number of carboxylic acids is 1. The van der Waals surface area contributed by atoms with Gasteiger partial charge in [-0.05, 0) is 35.7 Å². The van der Waals surface area contributed by atoms with Gasteiger partial charge in [0.15, 0.2) is 0 Å². The van der Waals surface area contributed by atoms with Gasteiger partial charge in [0.25, 0.3) is 0 Å². The van der Waals surface area contributed by atoms with Crippen molar-refractivity contribution in [1.82, 2.24) is 9.29 Å². The molecule has 2 heterocycles. The molecule has 0 saturated heterocycles. The minimum atomic E-state index is -1.04. The molecule has 0 aliphatic carbocycles. The number of thiophene rings is 1. The molecule has 3 N–H and O–H groups in total. The van der Waals surface area contributed by atoms with Crippen LogP contribution in [0.15, 0.2) is 36.5 Å². The van der Waals surface area contributed by atoms with Crippen LogP contribution in [0.5, 0.6) is 0 Å². The fourth-order valence-electron chi connectivity index (χ4n) is 2.61. The molecule has 0 saturated carbocycles. The Labute approximate surface area is 190 Å². The number of aliphatic hydroxyl groups excluding tert-OH is 1. The Kier molecular flexibility index (Phi) is 7.66. The Morgan fingerprint density at radius 1 is 1.30 bits per heavy atom. The van der Waals surface area contributed by atoms with Crippen molar-refractivity contribution in [1.29, 1.82) is 0 Å². The first-order valence-electron chi connectivity index (χ1n) is 8.56. The summed E-state index contributed by atoms with van der Waals surface area (Å²) in [6.45, 7) is -0.163. The number of carbonyl (C=O) groups is 2. The zero-order valence-corrected chi connectivity index (χ0v) is 18.6. The van der Waals surface area contributed by atoms with Crippen LogP contribution in [0.25, 0.3) is 10.2 Å². The zero-order chi connectivity index (χ0) is 21.7. The van der Waals surface area contributed by atoms with Gasteiger partial charge in [0.2, 0.25) is 5.12 Å². The largest absolute Gasteiger partial charge is 0.480 e. The van der Waals surface area contributed by atoms with E-state index in [2.05, 4.69) is 16.6 Å². The van der Waals surface area contributed by atoms with Crippen molar-refractivity contribution in [3.63, 3.8) is 0 Å². The van der Waals surface area contributed by atoms with E-state index in [1.165, 1.54) is 22.1 Å². The number of aliphatic carboxylic acids is 1. The first kappa shape index (κ1) is 22.5. The summed E-state index contributed by atoms with van der Waals surface area (Å²) in [5, 5.41) is 19.0. The smallest absolute Gasteiger partial charge is 0.323 e. The highest BCUT2D eigenvalue weighted by atomic mass is 35.5. The maximum atomic E-state index is 12.8. The zero-order valence-electron chi connectivity index (χ0n) is 15.3. The number of fused-ring (bicyclic) bond motifs is 1. The van der Waals surface area contributed by atoms with Crippen LogP contribution in [-0.2, 0) is 17.9 Å². The molecular weight excluding hydrogens is 464 g/mol. The lowest BCUT2D eigenvalue weighted by atomic mass is 10.2. The number of halogens is 1. The van der Waals surface area contributed by atoms with Crippen LogP contribution in [0, 0.1) is 16.4 Å². The SMILES string of the molecule is O=C(O)Cn1cc(C(=O)SNCc2ccc(Cl)cc2)c(=S)c2cc(C#CCO)sc21. The van der Waals surface area contributed by atoms with Crippen LogP contribution in [0.4, 0.5) is 0 Å². The number of aliphatic hydroxyl groups is 1. The molecule has 0 atom stereocenters. The second-order valence-electron chi connectivity index (χ2n) is 6.02. The predicted molar refractivity (Wildman–Crippen MR) is 122 cm³/mol. The van der Waals surface area contributed by atoms with Gasteiger partial charge in [0.05, 0.1) is 15.0 Å². The molecule has 0 bridgehead atoms. The van der Waals surface area contributed by atoms with E-state index in [4.69, 9.17) is 28.9 Å². The number of nitrogens with one attached hydrogen (secondary N) is 1. The third kappa shape index (κ3) is 5.49. The Bertz CT molecular complexity index is 1220. The van der Waals surface area contributed by atoms with Crippen molar-refractivity contribution >= 4 is 68.4 Å². The standard InChI is InChI=1S/C20H15ClN2O4S3/c21-13-5-3-12(4-6-13)9-22-30-20(27)16-10-23(11-17(25)26)19-15(18(16)28)8-14(29-19)2-1-7-24/h3-6,8,10,22,24H,7,9,11H2,(H,25,26). The van der Waals surface area contributed by atoms with E-state index in [-0.39, 0.29) is 23.8 Å². The van der Waals surface area contributed by atoms with E-state index in [0.29, 0.717) is 31.2 Å². The minimum Gasteiger partial charge on any atom is -0.480 e. The van der Waals surface area contributed by atoms with Crippen molar-refractivity contribution in [2.45, 2.75) is 13.1 Å². The van der Waals surface area contributed by atoms with Crippen LogP contribution in [0.1, 0.15) is 20.8 Å². The summed E-state index contributed by atoms with van der Waals surface area (Å²) in [5.74, 6) is 4.31. The number of nitrogens with zero attached hydrogens (tertiary/aromatic N) is 1. The van der Waals surface area contributed by atoms with E-state index in [9.17, 15) is 14.7 Å². The summed E-state index contributed by atoms with van der Waals surface area (Å²) < 4.78 is 4.81. The fraction of sp³-hybridized carbons (Fsp3) is 0.150. The number of hydrogen-bond acceptors (Lipinski definition) is 7. The highest BCUT2D eigenvalue weighted by Crippen LogP contribution is 2.29. The molecule has 2 aromatic heterocycles. The Hall–Kier alpha value is -2.19. The molecule has 3 aromatic rings. The van der Waals surface area contributed by atoms with Crippen molar-refractivity contribution in [2.75, 3.05) is 6.61 Å². The maximum Gasteiger partial charge on any atom is 0.323 e. The summed E-state index contributed by atoms with van der Waals surface area (Å²) in [6.07, 6.45) is 1.47. The number of pyridine rings is 1. The predicted octanol–water partition coefficient (Wildman–Crippen LogP) is 4.09. The van der Waals surface area contributed by atoms with E-state index in [0.717, 1.165) is 17.5 Å². The monoisotopic (exact) mass is 478 g/mol. The summed E-state index contributed by atoms with van der Waals surface area (Å²) >= 11 is 13.5. The number of hydrogen-bond donors (Lipinski definition) is 3. The van der Waals surface area contributed by atoms with Crippen molar-refractivity contribution in [3.8, 4) is 11.8 Å². The second-order valence-corrected chi connectivity index (χ2v) is 8.76. The Balaban J connectivity index is 1.88. The molecule has 154 valence electrons. The van der Waals surface area contributed by atoms with Gasteiger partial charge in [-0.3, -0.25) is 14.3 Å². The summed E-state index contributed by atoms with van der Waals surface area (Å²) in [7, 11) is 0. The summed E-state index contributed by atoms with van der Waals surface area (Å²) in [6, 6.07) is 8.95. The average molecular weight is 479 g/mol.